The number of hydrogen-bond acceptors (Lipinski definition) is 6. The molecule has 11 nitrogen and oxygen atoms in total. The molecule has 6 rings (SSSR count). The Kier molecular flexibility index (Phi) is 6.67. The van der Waals surface area contributed by atoms with Crippen molar-refractivity contribution >= 4 is 23.5 Å². The SMILES string of the molecule is COc1ccc(-n2nc(C3CCN(C(=O)O)C(C(C)(C)C)C3)cc2NC(=O)c2cnn3cc(C4CC4)cnc23)cc1. The molecular weight excluding hydrogens is 522 g/mol. The van der Waals surface area contributed by atoms with E-state index in [1.807, 2.05) is 42.7 Å². The van der Waals surface area contributed by atoms with Crippen LogP contribution >= 0.6 is 0 Å². The van der Waals surface area contributed by atoms with Crippen LogP contribution in [0.3, 0.4) is 0 Å². The van der Waals surface area contributed by atoms with Gasteiger partial charge in [-0.1, -0.05) is 20.8 Å². The Bertz CT molecular complexity index is 1600. The molecule has 41 heavy (non-hydrogen) atoms. The first-order valence-electron chi connectivity index (χ1n) is 14.0. The largest absolute Gasteiger partial charge is 0.497 e. The molecule has 1 saturated carbocycles. The molecule has 1 saturated heterocycles. The number of aromatic nitrogens is 5. The molecule has 4 aromatic rings. The van der Waals surface area contributed by atoms with Gasteiger partial charge in [-0.3, -0.25) is 4.79 Å². The van der Waals surface area contributed by atoms with E-state index in [-0.39, 0.29) is 23.3 Å². The van der Waals surface area contributed by atoms with E-state index in [2.05, 4.69) is 36.2 Å². The van der Waals surface area contributed by atoms with Gasteiger partial charge in [0.2, 0.25) is 0 Å². The van der Waals surface area contributed by atoms with Gasteiger partial charge in [0.25, 0.3) is 5.91 Å². The number of methoxy groups -OCH3 is 1. The fourth-order valence-electron chi connectivity index (χ4n) is 5.75. The number of nitrogens with one attached hydrogen (secondary N) is 1. The molecule has 0 bridgehead atoms. The number of likely N-dealkylation sites (tertiary alicyclic amines) is 1. The summed E-state index contributed by atoms with van der Waals surface area (Å²) in [4.78, 5) is 31.6. The van der Waals surface area contributed by atoms with Gasteiger partial charge in [0.15, 0.2) is 5.65 Å². The predicted molar refractivity (Wildman–Crippen MR) is 153 cm³/mol. The second-order valence-electron chi connectivity index (χ2n) is 12.1. The summed E-state index contributed by atoms with van der Waals surface area (Å²) in [5, 5.41) is 22.2. The van der Waals surface area contributed by atoms with Gasteiger partial charge in [-0.15, -0.1) is 0 Å². The maximum atomic E-state index is 13.6. The van der Waals surface area contributed by atoms with Crippen LogP contribution in [-0.2, 0) is 0 Å². The number of fused-ring (bicyclic) bond motifs is 1. The summed E-state index contributed by atoms with van der Waals surface area (Å²) in [7, 11) is 1.61. The number of piperidine rings is 1. The number of rotatable bonds is 6. The van der Waals surface area contributed by atoms with Gasteiger partial charge >= 0.3 is 6.09 Å². The van der Waals surface area contributed by atoms with E-state index in [0.29, 0.717) is 48.1 Å². The van der Waals surface area contributed by atoms with Gasteiger partial charge in [-0.2, -0.15) is 10.2 Å². The standard InChI is InChI=1S/C30H35N7O4/c1-30(2,3)25-13-19(11-12-35(25)29(39)40)24-14-26(37(34-24)21-7-9-22(41-4)10-8-21)33-28(38)23-16-32-36-17-20(18-5-6-18)15-31-27(23)36/h7-10,14-19,25H,5-6,11-13H2,1-4H3,(H,33,38)(H,39,40). The van der Waals surface area contributed by atoms with Crippen molar-refractivity contribution in [2.75, 3.05) is 19.0 Å². The second kappa shape index (κ2) is 10.2. The molecule has 2 N–H and O–H groups in total. The van der Waals surface area contributed by atoms with Gasteiger partial charge in [-0.05, 0) is 66.8 Å². The third kappa shape index (κ3) is 5.23. The Morgan fingerprint density at radius 3 is 2.49 bits per heavy atom. The lowest BCUT2D eigenvalue weighted by atomic mass is 9.76. The number of benzene rings is 1. The van der Waals surface area contributed by atoms with Crippen molar-refractivity contribution in [3.8, 4) is 11.4 Å². The lowest BCUT2D eigenvalue weighted by Gasteiger charge is -2.44. The lowest BCUT2D eigenvalue weighted by Crippen LogP contribution is -2.51. The number of hydrogen-bond donors (Lipinski definition) is 2. The maximum absolute atomic E-state index is 13.6. The molecule has 0 spiro atoms. The van der Waals surface area contributed by atoms with Crippen molar-refractivity contribution in [3.63, 3.8) is 0 Å². The number of carbonyl (C=O) groups excluding carboxylic acids is 1. The fraction of sp³-hybridized carbons (Fsp3) is 0.433. The first-order valence-corrected chi connectivity index (χ1v) is 14.0. The molecule has 0 radical (unpaired) electrons. The van der Waals surface area contributed by atoms with E-state index in [1.54, 1.807) is 27.4 Å². The molecule has 1 aliphatic heterocycles. The van der Waals surface area contributed by atoms with Gasteiger partial charge in [-0.25, -0.2) is 19.0 Å². The third-order valence-electron chi connectivity index (χ3n) is 8.22. The van der Waals surface area contributed by atoms with Crippen LogP contribution in [0.2, 0.25) is 0 Å². The maximum Gasteiger partial charge on any atom is 0.407 e. The summed E-state index contributed by atoms with van der Waals surface area (Å²) >= 11 is 0. The second-order valence-corrected chi connectivity index (χ2v) is 12.1. The van der Waals surface area contributed by atoms with Gasteiger partial charge < -0.3 is 20.1 Å². The molecule has 11 heteroatoms. The van der Waals surface area contributed by atoms with E-state index in [9.17, 15) is 14.7 Å². The average Bonchev–Trinajstić information content (AvgIpc) is 3.59. The van der Waals surface area contributed by atoms with Crippen LogP contribution in [0, 0.1) is 5.41 Å². The minimum Gasteiger partial charge on any atom is -0.497 e. The Hall–Kier alpha value is -4.41. The van der Waals surface area contributed by atoms with Crippen molar-refractivity contribution in [2.24, 2.45) is 5.41 Å². The molecule has 2 aliphatic rings. The first kappa shape index (κ1) is 26.8. The quantitative estimate of drug-likeness (QED) is 0.328. The molecule has 1 aliphatic carbocycles. The number of ether oxygens (including phenoxy) is 1. The lowest BCUT2D eigenvalue weighted by molar-refractivity contribution is 0.0520. The van der Waals surface area contributed by atoms with Crippen molar-refractivity contribution in [1.82, 2.24) is 29.3 Å². The van der Waals surface area contributed by atoms with Crippen LogP contribution in [0.4, 0.5) is 10.6 Å². The molecule has 2 atom stereocenters. The van der Waals surface area contributed by atoms with Crippen LogP contribution in [0.5, 0.6) is 5.75 Å². The number of anilines is 1. The highest BCUT2D eigenvalue weighted by Gasteiger charge is 2.40. The summed E-state index contributed by atoms with van der Waals surface area (Å²) in [5.41, 5.74) is 3.34. The monoisotopic (exact) mass is 557 g/mol. The van der Waals surface area contributed by atoms with E-state index < -0.39 is 6.09 Å². The van der Waals surface area contributed by atoms with Crippen LogP contribution in [-0.4, -0.2) is 66.1 Å². The Labute approximate surface area is 238 Å². The summed E-state index contributed by atoms with van der Waals surface area (Å²) < 4.78 is 8.70. The first-order chi connectivity index (χ1) is 19.6. The van der Waals surface area contributed by atoms with Crippen LogP contribution < -0.4 is 10.1 Å². The van der Waals surface area contributed by atoms with Crippen LogP contribution in [0.1, 0.15) is 79.9 Å². The highest BCUT2D eigenvalue weighted by Crippen LogP contribution is 2.40. The zero-order valence-corrected chi connectivity index (χ0v) is 23.7. The molecule has 4 heterocycles. The predicted octanol–water partition coefficient (Wildman–Crippen LogP) is 5.33. The van der Waals surface area contributed by atoms with Crippen molar-refractivity contribution in [1.29, 1.82) is 0 Å². The van der Waals surface area contributed by atoms with Crippen molar-refractivity contribution < 1.29 is 19.4 Å². The van der Waals surface area contributed by atoms with E-state index in [0.717, 1.165) is 29.8 Å². The zero-order valence-electron chi connectivity index (χ0n) is 23.7. The average molecular weight is 558 g/mol. The Morgan fingerprint density at radius 1 is 1.07 bits per heavy atom. The summed E-state index contributed by atoms with van der Waals surface area (Å²) in [6.07, 6.45) is 8.03. The highest BCUT2D eigenvalue weighted by molar-refractivity contribution is 6.07. The van der Waals surface area contributed by atoms with Crippen LogP contribution in [0.25, 0.3) is 11.3 Å². The Balaban J connectivity index is 1.33. The number of carboxylic acid groups (broad SMARTS) is 1. The van der Waals surface area contributed by atoms with Crippen LogP contribution in [0.15, 0.2) is 48.9 Å². The summed E-state index contributed by atoms with van der Waals surface area (Å²) in [6.45, 7) is 6.62. The number of amides is 2. The van der Waals surface area contributed by atoms with Gasteiger partial charge in [0.05, 0.1) is 24.7 Å². The highest BCUT2D eigenvalue weighted by atomic mass is 16.5. The number of nitrogens with zero attached hydrogens (tertiary/aromatic N) is 6. The topological polar surface area (TPSA) is 127 Å². The van der Waals surface area contributed by atoms with E-state index in [4.69, 9.17) is 9.84 Å². The van der Waals surface area contributed by atoms with E-state index in [1.165, 1.54) is 0 Å². The van der Waals surface area contributed by atoms with Crippen molar-refractivity contribution in [2.45, 2.75) is 64.3 Å². The van der Waals surface area contributed by atoms with Crippen molar-refractivity contribution in [3.05, 3.63) is 65.7 Å². The minimum absolute atomic E-state index is 0.0319. The molecule has 2 amide bonds. The zero-order chi connectivity index (χ0) is 28.9. The smallest absolute Gasteiger partial charge is 0.407 e. The molecule has 3 aromatic heterocycles. The number of carbonyl (C=O) groups is 2. The van der Waals surface area contributed by atoms with E-state index >= 15 is 0 Å². The summed E-state index contributed by atoms with van der Waals surface area (Å²) in [6, 6.07) is 9.19. The fourth-order valence-corrected chi connectivity index (χ4v) is 5.75. The Morgan fingerprint density at radius 2 is 1.83 bits per heavy atom. The normalized spacial score (nSPS) is 19.4. The molecular formula is C30H35N7O4. The molecule has 2 fully saturated rings. The van der Waals surface area contributed by atoms with Gasteiger partial charge in [0.1, 0.15) is 17.1 Å². The molecule has 1 aromatic carbocycles. The van der Waals surface area contributed by atoms with Gasteiger partial charge in [0, 0.05) is 37.0 Å². The molecule has 214 valence electrons. The minimum atomic E-state index is -0.897. The summed E-state index contributed by atoms with van der Waals surface area (Å²) in [5.74, 6) is 1.46. The third-order valence-corrected chi connectivity index (χ3v) is 8.22. The molecule has 2 unspecified atom stereocenters.